The Morgan fingerprint density at radius 2 is 1.48 bits per heavy atom. The third-order valence-electron chi connectivity index (χ3n) is 7.37. The maximum atomic E-state index is 13.7. The van der Waals surface area contributed by atoms with Gasteiger partial charge in [-0.25, -0.2) is 9.78 Å². The fourth-order valence-electron chi connectivity index (χ4n) is 4.88. The molecule has 2 aromatic heterocycles. The number of amides is 4. The first-order valence-electron chi connectivity index (χ1n) is 14.5. The molecule has 0 radical (unpaired) electrons. The van der Waals surface area contributed by atoms with E-state index >= 15 is 0 Å². The average molecular weight is 633 g/mol. The summed E-state index contributed by atoms with van der Waals surface area (Å²) in [6, 6.07) is 8.31. The monoisotopic (exact) mass is 632 g/mol. The molecule has 0 saturated heterocycles. The summed E-state index contributed by atoms with van der Waals surface area (Å²) in [5.74, 6) is -4.17. The molecule has 0 fully saturated rings. The standard InChI is InChI=1S/C31H36N8O7/c32-22(9-10-27(33)41)28(42)37-24(11-17-5-7-20(40)8-6-17)29(43)38-25(13-19-15-34-16-36-19)30(44)39-26(31(45)46)12-18-14-35-23-4-2-1-3-21(18)23/h1-8,14-16,22,24-26,35,40H,9-13,32H2,(H2,33,41)(H,34,36)(H,37,42)(H,38,43)(H,39,44)(H,45,46). The number of hydrogen-bond acceptors (Lipinski definition) is 8. The number of rotatable bonds is 16. The van der Waals surface area contributed by atoms with Crippen LogP contribution in [0.5, 0.6) is 5.75 Å². The van der Waals surface area contributed by atoms with Crippen molar-refractivity contribution in [3.63, 3.8) is 0 Å². The van der Waals surface area contributed by atoms with Crippen LogP contribution in [-0.4, -0.2) is 78.9 Å². The predicted molar refractivity (Wildman–Crippen MR) is 166 cm³/mol. The number of para-hydroxylation sites is 1. The van der Waals surface area contributed by atoms with Gasteiger partial charge in [-0.3, -0.25) is 19.2 Å². The molecule has 0 aliphatic heterocycles. The van der Waals surface area contributed by atoms with E-state index in [1.807, 2.05) is 24.3 Å². The van der Waals surface area contributed by atoms with Gasteiger partial charge in [0.15, 0.2) is 0 Å². The summed E-state index contributed by atoms with van der Waals surface area (Å²) in [5.41, 5.74) is 13.6. The van der Waals surface area contributed by atoms with E-state index in [4.69, 9.17) is 11.5 Å². The molecule has 2 aromatic carbocycles. The number of benzene rings is 2. The van der Waals surface area contributed by atoms with Crippen molar-refractivity contribution in [2.75, 3.05) is 0 Å². The van der Waals surface area contributed by atoms with Crippen molar-refractivity contribution in [3.05, 3.63) is 84.1 Å². The van der Waals surface area contributed by atoms with Crippen LogP contribution < -0.4 is 27.4 Å². The van der Waals surface area contributed by atoms with E-state index in [9.17, 15) is 34.2 Å². The Morgan fingerprint density at radius 3 is 2.13 bits per heavy atom. The summed E-state index contributed by atoms with van der Waals surface area (Å²) in [7, 11) is 0. The average Bonchev–Trinajstić information content (AvgIpc) is 3.69. The minimum atomic E-state index is -1.33. The maximum Gasteiger partial charge on any atom is 0.326 e. The first-order chi connectivity index (χ1) is 22.0. The minimum absolute atomic E-state index is 0.000764. The molecule has 11 N–H and O–H groups in total. The quantitative estimate of drug-likeness (QED) is 0.0788. The van der Waals surface area contributed by atoms with Gasteiger partial charge in [-0.1, -0.05) is 30.3 Å². The number of phenolic OH excluding ortho intramolecular Hbond substituents is 1. The van der Waals surface area contributed by atoms with Gasteiger partial charge in [0.2, 0.25) is 23.6 Å². The van der Waals surface area contributed by atoms with Crippen molar-refractivity contribution in [1.29, 1.82) is 0 Å². The summed E-state index contributed by atoms with van der Waals surface area (Å²) in [6.45, 7) is 0. The number of primary amides is 1. The number of carbonyl (C=O) groups is 5. The smallest absolute Gasteiger partial charge is 0.326 e. The van der Waals surface area contributed by atoms with E-state index in [2.05, 4.69) is 30.9 Å². The van der Waals surface area contributed by atoms with Crippen LogP contribution in [0.2, 0.25) is 0 Å². The molecule has 46 heavy (non-hydrogen) atoms. The number of aliphatic carboxylic acids is 1. The number of aromatic nitrogens is 3. The van der Waals surface area contributed by atoms with Crippen molar-refractivity contribution in [2.24, 2.45) is 11.5 Å². The van der Waals surface area contributed by atoms with E-state index in [0.717, 1.165) is 10.9 Å². The lowest BCUT2D eigenvalue weighted by molar-refractivity contribution is -0.142. The first kappa shape index (κ1) is 33.2. The molecule has 15 nitrogen and oxygen atoms in total. The Bertz CT molecular complexity index is 1670. The van der Waals surface area contributed by atoms with Crippen LogP contribution in [0.4, 0.5) is 0 Å². The molecule has 0 aliphatic carbocycles. The van der Waals surface area contributed by atoms with Crippen LogP contribution >= 0.6 is 0 Å². The van der Waals surface area contributed by atoms with Crippen LogP contribution in [-0.2, 0) is 43.2 Å². The number of imidazole rings is 1. The van der Waals surface area contributed by atoms with E-state index in [0.29, 0.717) is 16.8 Å². The summed E-state index contributed by atoms with van der Waals surface area (Å²) in [6.07, 6.45) is 4.20. The molecule has 0 bridgehead atoms. The van der Waals surface area contributed by atoms with Gasteiger partial charge in [0.25, 0.3) is 0 Å². The molecule has 4 rings (SSSR count). The molecule has 0 saturated carbocycles. The van der Waals surface area contributed by atoms with Gasteiger partial charge >= 0.3 is 5.97 Å². The second kappa shape index (κ2) is 15.3. The Labute approximate surface area is 263 Å². The molecule has 4 unspecified atom stereocenters. The third kappa shape index (κ3) is 9.15. The van der Waals surface area contributed by atoms with Gasteiger partial charge in [-0.15, -0.1) is 0 Å². The number of H-pyrrole nitrogens is 2. The molecule has 15 heteroatoms. The Hall–Kier alpha value is -5.70. The largest absolute Gasteiger partial charge is 0.508 e. The zero-order chi connectivity index (χ0) is 33.2. The number of carboxylic acids is 1. The first-order valence-corrected chi connectivity index (χ1v) is 14.5. The second-order valence-corrected chi connectivity index (χ2v) is 10.8. The summed E-state index contributed by atoms with van der Waals surface area (Å²) in [5, 5.41) is 28.2. The van der Waals surface area contributed by atoms with E-state index in [-0.39, 0.29) is 37.9 Å². The van der Waals surface area contributed by atoms with Crippen molar-refractivity contribution in [3.8, 4) is 5.75 Å². The normalized spacial score (nSPS) is 13.7. The van der Waals surface area contributed by atoms with Gasteiger partial charge in [0, 0.05) is 54.7 Å². The predicted octanol–water partition coefficient (Wildman–Crippen LogP) is -0.244. The number of nitrogens with one attached hydrogen (secondary N) is 5. The second-order valence-electron chi connectivity index (χ2n) is 10.8. The lowest BCUT2D eigenvalue weighted by Gasteiger charge is -2.25. The highest BCUT2D eigenvalue weighted by atomic mass is 16.4. The molecular weight excluding hydrogens is 596 g/mol. The van der Waals surface area contributed by atoms with E-state index in [1.54, 1.807) is 18.3 Å². The van der Waals surface area contributed by atoms with Crippen molar-refractivity contribution >= 4 is 40.5 Å². The summed E-state index contributed by atoms with van der Waals surface area (Å²) in [4.78, 5) is 73.5. The van der Waals surface area contributed by atoms with Crippen LogP contribution in [0.1, 0.15) is 29.7 Å². The number of carbonyl (C=O) groups excluding carboxylic acids is 4. The minimum Gasteiger partial charge on any atom is -0.508 e. The van der Waals surface area contributed by atoms with Gasteiger partial charge in [-0.2, -0.15) is 0 Å². The number of nitrogens with zero attached hydrogens (tertiary/aromatic N) is 1. The molecule has 0 aliphatic rings. The molecule has 4 atom stereocenters. The van der Waals surface area contributed by atoms with Gasteiger partial charge < -0.3 is 47.6 Å². The molecule has 0 spiro atoms. The lowest BCUT2D eigenvalue weighted by Crippen LogP contribution is -2.58. The Balaban J connectivity index is 1.54. The van der Waals surface area contributed by atoms with Gasteiger partial charge in [0.1, 0.15) is 23.9 Å². The van der Waals surface area contributed by atoms with Crippen LogP contribution in [0.15, 0.2) is 67.3 Å². The molecule has 242 valence electrons. The summed E-state index contributed by atoms with van der Waals surface area (Å²) < 4.78 is 0. The van der Waals surface area contributed by atoms with Crippen LogP contribution in [0.25, 0.3) is 10.9 Å². The van der Waals surface area contributed by atoms with Crippen LogP contribution in [0, 0.1) is 0 Å². The number of phenols is 1. The highest BCUT2D eigenvalue weighted by Gasteiger charge is 2.31. The van der Waals surface area contributed by atoms with Crippen molar-refractivity contribution in [1.82, 2.24) is 30.9 Å². The van der Waals surface area contributed by atoms with Crippen molar-refractivity contribution < 1.29 is 34.2 Å². The third-order valence-corrected chi connectivity index (χ3v) is 7.37. The number of aromatic hydroxyl groups is 1. The number of aromatic amines is 2. The Morgan fingerprint density at radius 1 is 0.826 bits per heavy atom. The van der Waals surface area contributed by atoms with E-state index < -0.39 is 53.8 Å². The molecule has 4 aromatic rings. The zero-order valence-corrected chi connectivity index (χ0v) is 24.7. The highest BCUT2D eigenvalue weighted by molar-refractivity contribution is 5.94. The molecular formula is C31H36N8O7. The highest BCUT2D eigenvalue weighted by Crippen LogP contribution is 2.19. The van der Waals surface area contributed by atoms with Crippen LogP contribution in [0.3, 0.4) is 0 Å². The number of carboxylic acid groups (broad SMARTS) is 1. The number of nitrogens with two attached hydrogens (primary N) is 2. The lowest BCUT2D eigenvalue weighted by atomic mass is 10.0. The number of fused-ring (bicyclic) bond motifs is 1. The fraction of sp³-hybridized carbons (Fsp3) is 0.290. The molecule has 2 heterocycles. The van der Waals surface area contributed by atoms with E-state index in [1.165, 1.54) is 24.7 Å². The maximum absolute atomic E-state index is 13.7. The van der Waals surface area contributed by atoms with Gasteiger partial charge in [-0.05, 0) is 35.7 Å². The fourth-order valence-corrected chi connectivity index (χ4v) is 4.88. The summed E-state index contributed by atoms with van der Waals surface area (Å²) >= 11 is 0. The molecule has 4 amide bonds. The number of hydrogen-bond donors (Lipinski definition) is 9. The zero-order valence-electron chi connectivity index (χ0n) is 24.7. The topological polar surface area (TPSA) is 258 Å². The Kier molecular flexibility index (Phi) is 11.1. The van der Waals surface area contributed by atoms with Gasteiger partial charge in [0.05, 0.1) is 12.4 Å². The van der Waals surface area contributed by atoms with Crippen molar-refractivity contribution in [2.45, 2.75) is 56.3 Å². The SMILES string of the molecule is NC(=O)CCC(N)C(=O)NC(Cc1ccc(O)cc1)C(=O)NC(Cc1cnc[nH]1)C(=O)NC(Cc1c[nH]c2ccccc12)C(=O)O.